The molecule has 3 N–H and O–H groups in total. The molecule has 6 rings (SSSR count). The number of hydrogen-bond donors (Lipinski definition) is 3. The van der Waals surface area contributed by atoms with Crippen molar-refractivity contribution >= 4 is 17.7 Å². The molecule has 4 aromatic rings. The minimum absolute atomic E-state index is 0.0186. The quantitative estimate of drug-likeness (QED) is 0.311. The Kier molecular flexibility index (Phi) is 8.23. The van der Waals surface area contributed by atoms with Crippen LogP contribution >= 0.6 is 0 Å². The van der Waals surface area contributed by atoms with E-state index in [1.54, 1.807) is 42.5 Å². The molecule has 2 aliphatic rings. The number of benzene rings is 3. The molecular formula is C32H29FN4O8. The van der Waals surface area contributed by atoms with Gasteiger partial charge in [0.1, 0.15) is 29.2 Å². The fourth-order valence-electron chi connectivity index (χ4n) is 5.39. The number of nitrogens with one attached hydrogen (secondary N) is 3. The lowest BCUT2D eigenvalue weighted by Gasteiger charge is -2.38. The highest BCUT2D eigenvalue weighted by atomic mass is 19.1. The Hall–Kier alpha value is -5.59. The summed E-state index contributed by atoms with van der Waals surface area (Å²) in [5.74, 6) is -0.994. The molecule has 0 radical (unpaired) electrons. The Morgan fingerprint density at radius 3 is 2.67 bits per heavy atom. The van der Waals surface area contributed by atoms with Crippen molar-refractivity contribution in [2.45, 2.75) is 25.1 Å². The Balaban J connectivity index is 1.37. The van der Waals surface area contributed by atoms with E-state index in [4.69, 9.17) is 18.7 Å². The molecule has 3 amide bonds. The molecule has 3 heterocycles. The van der Waals surface area contributed by atoms with E-state index in [-0.39, 0.29) is 44.2 Å². The van der Waals surface area contributed by atoms with Crippen LogP contribution in [0.25, 0.3) is 11.1 Å². The monoisotopic (exact) mass is 616 g/mol. The van der Waals surface area contributed by atoms with Crippen LogP contribution in [0.15, 0.2) is 76.0 Å². The summed E-state index contributed by atoms with van der Waals surface area (Å²) in [4.78, 5) is 52.4. The number of H-pyrrole nitrogens is 1. The van der Waals surface area contributed by atoms with Gasteiger partial charge in [-0.05, 0) is 53.6 Å². The van der Waals surface area contributed by atoms with Crippen LogP contribution in [-0.2, 0) is 11.3 Å². The van der Waals surface area contributed by atoms with Gasteiger partial charge in [-0.3, -0.25) is 19.2 Å². The second-order valence-electron chi connectivity index (χ2n) is 10.7. The lowest BCUT2D eigenvalue weighted by Crippen LogP contribution is -2.58. The molecule has 232 valence electrons. The number of ether oxygens (including phenoxy) is 3. The van der Waals surface area contributed by atoms with Gasteiger partial charge in [-0.25, -0.2) is 4.39 Å². The summed E-state index contributed by atoms with van der Waals surface area (Å²) in [6, 6.07) is 16.4. The highest BCUT2D eigenvalue weighted by Crippen LogP contribution is 2.33. The highest BCUT2D eigenvalue weighted by molar-refractivity contribution is 5.96. The molecule has 0 unspecified atom stereocenters. The Labute approximate surface area is 256 Å². The number of halogens is 1. The van der Waals surface area contributed by atoms with E-state index in [2.05, 4.69) is 15.8 Å². The number of aromatic nitrogens is 1. The summed E-state index contributed by atoms with van der Waals surface area (Å²) in [6.45, 7) is -0.0159. The number of carbonyl (C=O) groups excluding carboxylic acids is 3. The van der Waals surface area contributed by atoms with E-state index in [0.717, 1.165) is 6.07 Å². The van der Waals surface area contributed by atoms with E-state index in [0.29, 0.717) is 33.8 Å². The predicted molar refractivity (Wildman–Crippen MR) is 158 cm³/mol. The van der Waals surface area contributed by atoms with E-state index in [1.807, 2.05) is 6.07 Å². The van der Waals surface area contributed by atoms with Crippen molar-refractivity contribution in [3.63, 3.8) is 0 Å². The predicted octanol–water partition coefficient (Wildman–Crippen LogP) is 2.88. The van der Waals surface area contributed by atoms with E-state index in [9.17, 15) is 23.6 Å². The van der Waals surface area contributed by atoms with Crippen LogP contribution in [-0.4, -0.2) is 66.7 Å². The zero-order valence-electron chi connectivity index (χ0n) is 24.1. The first kappa shape index (κ1) is 29.5. The molecule has 1 saturated heterocycles. The number of rotatable bonds is 2. The van der Waals surface area contributed by atoms with Crippen LogP contribution in [0.5, 0.6) is 17.2 Å². The van der Waals surface area contributed by atoms with Gasteiger partial charge >= 0.3 is 0 Å². The molecule has 2 atom stereocenters. The van der Waals surface area contributed by atoms with Gasteiger partial charge in [-0.2, -0.15) is 5.16 Å². The topological polar surface area (TPSA) is 152 Å². The van der Waals surface area contributed by atoms with Gasteiger partial charge < -0.3 is 34.3 Å². The van der Waals surface area contributed by atoms with E-state index in [1.165, 1.54) is 24.1 Å². The fourth-order valence-corrected chi connectivity index (χ4v) is 5.39. The fraction of sp³-hybridized carbons (Fsp3) is 0.250. The number of aromatic amines is 1. The molecule has 0 aliphatic carbocycles. The van der Waals surface area contributed by atoms with Crippen LogP contribution < -0.4 is 30.4 Å². The molecule has 6 bridgehead atoms. The minimum atomic E-state index is -0.739. The average molecular weight is 617 g/mol. The van der Waals surface area contributed by atoms with Crippen molar-refractivity contribution in [1.82, 2.24) is 20.7 Å². The van der Waals surface area contributed by atoms with Gasteiger partial charge in [-0.15, -0.1) is 0 Å². The smallest absolute Gasteiger partial charge is 0.292 e. The van der Waals surface area contributed by atoms with Crippen LogP contribution in [0, 0.1) is 5.82 Å². The summed E-state index contributed by atoms with van der Waals surface area (Å²) >= 11 is 0. The SMILES string of the molecule is COc1ccc2cc1-c1cccc(c1)OCC(=O)NCc1cc(F)cc(c1)O[C@@H]1CCN(C(=O)c3cc(=O)[nH]o3)C[C@H]1NC2=O. The third-order valence-corrected chi connectivity index (χ3v) is 7.57. The summed E-state index contributed by atoms with van der Waals surface area (Å²) in [5.41, 5.74) is 1.51. The summed E-state index contributed by atoms with van der Waals surface area (Å²) < 4.78 is 37.1. The first-order valence-corrected chi connectivity index (χ1v) is 14.2. The van der Waals surface area contributed by atoms with Crippen molar-refractivity contribution < 1.29 is 37.5 Å². The van der Waals surface area contributed by atoms with Gasteiger partial charge in [0.2, 0.25) is 5.76 Å². The Morgan fingerprint density at radius 2 is 1.87 bits per heavy atom. The maximum Gasteiger partial charge on any atom is 0.292 e. The van der Waals surface area contributed by atoms with Gasteiger partial charge in [0.05, 0.1) is 19.2 Å². The molecule has 0 saturated carbocycles. The molecule has 1 fully saturated rings. The lowest BCUT2D eigenvalue weighted by molar-refractivity contribution is -0.123. The molecular weight excluding hydrogens is 587 g/mol. The lowest BCUT2D eigenvalue weighted by atomic mass is 9.99. The summed E-state index contributed by atoms with van der Waals surface area (Å²) in [5, 5.41) is 7.81. The summed E-state index contributed by atoms with van der Waals surface area (Å²) in [6.07, 6.45) is -0.392. The van der Waals surface area contributed by atoms with Crippen LogP contribution in [0.3, 0.4) is 0 Å². The normalized spacial score (nSPS) is 18.5. The highest BCUT2D eigenvalue weighted by Gasteiger charge is 2.36. The number of piperidine rings is 1. The average Bonchev–Trinajstić information content (AvgIpc) is 3.48. The van der Waals surface area contributed by atoms with Crippen molar-refractivity contribution in [3.8, 4) is 28.4 Å². The number of nitrogens with zero attached hydrogens (tertiary/aromatic N) is 1. The molecule has 12 nitrogen and oxygen atoms in total. The number of amides is 3. The summed E-state index contributed by atoms with van der Waals surface area (Å²) in [7, 11) is 1.52. The van der Waals surface area contributed by atoms with Crippen molar-refractivity contribution in [2.24, 2.45) is 0 Å². The van der Waals surface area contributed by atoms with Crippen molar-refractivity contribution in [2.75, 3.05) is 26.8 Å². The molecule has 2 aliphatic heterocycles. The zero-order chi connectivity index (χ0) is 31.5. The van der Waals surface area contributed by atoms with Crippen LogP contribution in [0.4, 0.5) is 4.39 Å². The third kappa shape index (κ3) is 6.66. The van der Waals surface area contributed by atoms with E-state index < -0.39 is 41.2 Å². The number of carbonyl (C=O) groups is 3. The van der Waals surface area contributed by atoms with Gasteiger partial charge in [-0.1, -0.05) is 12.1 Å². The van der Waals surface area contributed by atoms with Crippen LogP contribution in [0.1, 0.15) is 32.9 Å². The van der Waals surface area contributed by atoms with Crippen molar-refractivity contribution in [3.05, 3.63) is 99.8 Å². The largest absolute Gasteiger partial charge is 0.496 e. The Morgan fingerprint density at radius 1 is 1.00 bits per heavy atom. The maximum atomic E-state index is 14.6. The second kappa shape index (κ2) is 12.6. The number of fused-ring (bicyclic) bond motifs is 8. The number of hydrogen-bond acceptors (Lipinski definition) is 8. The standard InChI is InChI=1S/C32H29FN4O8/c1-42-26-6-5-20-12-24(26)19-3-2-4-22(11-19)43-17-30(39)34-15-18-9-21(33)13-23(10-18)44-27-7-8-37(16-25(27)35-31(20)40)32(41)28-14-29(38)36-45-28/h2-6,9-14,25,27H,7-8,15-17H2,1H3,(H,34,39)(H,35,40)(H,36,38)/t25-,27-/m1/s1. The van der Waals surface area contributed by atoms with Crippen molar-refractivity contribution in [1.29, 1.82) is 0 Å². The molecule has 1 aromatic heterocycles. The van der Waals surface area contributed by atoms with E-state index >= 15 is 0 Å². The van der Waals surface area contributed by atoms with Gasteiger partial charge in [0.15, 0.2) is 6.61 Å². The van der Waals surface area contributed by atoms with Gasteiger partial charge in [0.25, 0.3) is 23.3 Å². The van der Waals surface area contributed by atoms with Crippen LogP contribution in [0.2, 0.25) is 0 Å². The molecule has 0 spiro atoms. The molecule has 45 heavy (non-hydrogen) atoms. The number of methoxy groups -OCH3 is 1. The molecule has 13 heteroatoms. The zero-order valence-corrected chi connectivity index (χ0v) is 24.1. The first-order valence-electron chi connectivity index (χ1n) is 14.2. The Bertz CT molecular complexity index is 1820. The molecule has 3 aromatic carbocycles. The van der Waals surface area contributed by atoms with Gasteiger partial charge in [0, 0.05) is 43.2 Å². The third-order valence-electron chi connectivity index (χ3n) is 7.57. The second-order valence-corrected chi connectivity index (χ2v) is 10.7. The maximum absolute atomic E-state index is 14.6. The first-order chi connectivity index (χ1) is 21.7. The number of likely N-dealkylation sites (tertiary alicyclic amines) is 1. The minimum Gasteiger partial charge on any atom is -0.496 e.